The summed E-state index contributed by atoms with van der Waals surface area (Å²) in [7, 11) is 5.83. The smallest absolute Gasteiger partial charge is 0.204 e. The fourth-order valence-electron chi connectivity index (χ4n) is 1.44. The molecule has 0 radical (unpaired) electrons. The number of anilines is 1. The van der Waals surface area contributed by atoms with Crippen molar-refractivity contribution in [3.05, 3.63) is 11.9 Å². The minimum absolute atomic E-state index is 0.221. The standard InChI is InChI=1S/C10H20N4O2/c1-13(2)10-12-5-8(14(10)3)4-11-6-9(16)7-15/h5,9,11,15-16H,4,6-7H2,1-3H3. The average molecular weight is 228 g/mol. The van der Waals surface area contributed by atoms with Gasteiger partial charge in [0.15, 0.2) is 0 Å². The molecule has 0 aliphatic heterocycles. The molecule has 92 valence electrons. The van der Waals surface area contributed by atoms with Crippen LogP contribution in [0.5, 0.6) is 0 Å². The van der Waals surface area contributed by atoms with Gasteiger partial charge in [-0.05, 0) is 0 Å². The van der Waals surface area contributed by atoms with Crippen LogP contribution in [0.2, 0.25) is 0 Å². The topological polar surface area (TPSA) is 73.6 Å². The molecule has 0 fully saturated rings. The van der Waals surface area contributed by atoms with Crippen LogP contribution in [0.15, 0.2) is 6.20 Å². The van der Waals surface area contributed by atoms with Gasteiger partial charge in [-0.3, -0.25) is 0 Å². The van der Waals surface area contributed by atoms with Gasteiger partial charge in [0.1, 0.15) is 0 Å². The van der Waals surface area contributed by atoms with E-state index in [2.05, 4.69) is 10.3 Å². The van der Waals surface area contributed by atoms with E-state index in [1.54, 1.807) is 6.20 Å². The summed E-state index contributed by atoms with van der Waals surface area (Å²) in [6, 6.07) is 0. The molecule has 1 aromatic rings. The highest BCUT2D eigenvalue weighted by Gasteiger charge is 2.08. The van der Waals surface area contributed by atoms with Crippen molar-refractivity contribution in [2.24, 2.45) is 7.05 Å². The van der Waals surface area contributed by atoms with Crippen LogP contribution in [-0.2, 0) is 13.6 Å². The monoisotopic (exact) mass is 228 g/mol. The van der Waals surface area contributed by atoms with E-state index in [1.807, 2.05) is 30.6 Å². The number of rotatable bonds is 6. The molecule has 0 bridgehead atoms. The average Bonchev–Trinajstić information content (AvgIpc) is 2.60. The van der Waals surface area contributed by atoms with Crippen LogP contribution in [-0.4, -0.2) is 53.1 Å². The molecule has 6 heteroatoms. The number of imidazole rings is 1. The third-order valence-electron chi connectivity index (χ3n) is 2.36. The Hall–Kier alpha value is -1.11. The normalized spacial score (nSPS) is 12.8. The fourth-order valence-corrected chi connectivity index (χ4v) is 1.44. The van der Waals surface area contributed by atoms with Gasteiger partial charge in [-0.1, -0.05) is 0 Å². The number of nitrogens with zero attached hydrogens (tertiary/aromatic N) is 3. The Morgan fingerprint density at radius 1 is 1.56 bits per heavy atom. The molecule has 6 nitrogen and oxygen atoms in total. The van der Waals surface area contributed by atoms with Crippen LogP contribution in [0.1, 0.15) is 5.69 Å². The first-order valence-electron chi connectivity index (χ1n) is 5.23. The minimum Gasteiger partial charge on any atom is -0.394 e. The quantitative estimate of drug-likeness (QED) is 0.578. The Bertz CT molecular complexity index is 325. The van der Waals surface area contributed by atoms with Gasteiger partial charge >= 0.3 is 0 Å². The van der Waals surface area contributed by atoms with Gasteiger partial charge < -0.3 is 25.0 Å². The predicted octanol–water partition coefficient (Wildman–Crippen LogP) is -1.07. The molecule has 0 aliphatic carbocycles. The molecular weight excluding hydrogens is 208 g/mol. The maximum atomic E-state index is 9.16. The van der Waals surface area contributed by atoms with Gasteiger partial charge in [0.25, 0.3) is 0 Å². The van der Waals surface area contributed by atoms with Gasteiger partial charge in [-0.25, -0.2) is 4.98 Å². The maximum absolute atomic E-state index is 9.16. The van der Waals surface area contributed by atoms with Crippen LogP contribution in [0.4, 0.5) is 5.95 Å². The van der Waals surface area contributed by atoms with Crippen molar-refractivity contribution in [2.75, 3.05) is 32.1 Å². The minimum atomic E-state index is -0.707. The van der Waals surface area contributed by atoms with Crippen molar-refractivity contribution in [2.45, 2.75) is 12.6 Å². The number of nitrogens with one attached hydrogen (secondary N) is 1. The second kappa shape index (κ2) is 5.83. The summed E-state index contributed by atoms with van der Waals surface area (Å²) >= 11 is 0. The summed E-state index contributed by atoms with van der Waals surface area (Å²) in [6.07, 6.45) is 1.09. The lowest BCUT2D eigenvalue weighted by Gasteiger charge is -2.13. The van der Waals surface area contributed by atoms with E-state index in [0.717, 1.165) is 11.6 Å². The number of aliphatic hydroxyl groups excluding tert-OH is 2. The number of hydrogen-bond donors (Lipinski definition) is 3. The van der Waals surface area contributed by atoms with Crippen LogP contribution >= 0.6 is 0 Å². The molecule has 1 heterocycles. The van der Waals surface area contributed by atoms with Gasteiger partial charge in [0.2, 0.25) is 5.95 Å². The van der Waals surface area contributed by atoms with E-state index in [1.165, 1.54) is 0 Å². The number of hydrogen-bond acceptors (Lipinski definition) is 5. The van der Waals surface area contributed by atoms with E-state index >= 15 is 0 Å². The molecule has 1 unspecified atom stereocenters. The zero-order valence-corrected chi connectivity index (χ0v) is 10.0. The summed E-state index contributed by atoms with van der Waals surface area (Å²) in [6.45, 7) is 0.773. The highest BCUT2D eigenvalue weighted by molar-refractivity contribution is 5.30. The third-order valence-corrected chi connectivity index (χ3v) is 2.36. The van der Waals surface area contributed by atoms with Crippen molar-refractivity contribution in [3.63, 3.8) is 0 Å². The van der Waals surface area contributed by atoms with Gasteiger partial charge in [0, 0.05) is 34.2 Å². The van der Waals surface area contributed by atoms with Crippen molar-refractivity contribution >= 4 is 5.95 Å². The molecule has 0 amide bonds. The van der Waals surface area contributed by atoms with Crippen LogP contribution < -0.4 is 10.2 Å². The van der Waals surface area contributed by atoms with Gasteiger partial charge in [-0.15, -0.1) is 0 Å². The van der Waals surface area contributed by atoms with E-state index in [0.29, 0.717) is 13.1 Å². The Morgan fingerprint density at radius 2 is 2.25 bits per heavy atom. The lowest BCUT2D eigenvalue weighted by atomic mass is 10.3. The molecule has 1 aromatic heterocycles. The predicted molar refractivity (Wildman–Crippen MR) is 62.3 cm³/mol. The summed E-state index contributed by atoms with van der Waals surface area (Å²) < 4.78 is 1.98. The van der Waals surface area contributed by atoms with E-state index < -0.39 is 6.10 Å². The van der Waals surface area contributed by atoms with Gasteiger partial charge in [-0.2, -0.15) is 0 Å². The molecular formula is C10H20N4O2. The molecule has 0 aromatic carbocycles. The first kappa shape index (κ1) is 13.0. The summed E-state index contributed by atoms with van der Waals surface area (Å²) in [5.41, 5.74) is 1.04. The van der Waals surface area contributed by atoms with Gasteiger partial charge in [0.05, 0.1) is 24.6 Å². The van der Waals surface area contributed by atoms with Crippen LogP contribution in [0, 0.1) is 0 Å². The molecule has 3 N–H and O–H groups in total. The SMILES string of the molecule is CN(C)c1ncc(CNCC(O)CO)n1C. The molecule has 0 spiro atoms. The van der Waals surface area contributed by atoms with E-state index in [4.69, 9.17) is 10.2 Å². The number of aromatic nitrogens is 2. The summed E-state index contributed by atoms with van der Waals surface area (Å²) in [5.74, 6) is 0.888. The van der Waals surface area contributed by atoms with Crippen molar-refractivity contribution in [1.82, 2.24) is 14.9 Å². The first-order chi connectivity index (χ1) is 7.56. The third kappa shape index (κ3) is 3.19. The zero-order valence-electron chi connectivity index (χ0n) is 10.0. The Balaban J connectivity index is 2.49. The highest BCUT2D eigenvalue weighted by atomic mass is 16.3. The van der Waals surface area contributed by atoms with E-state index in [9.17, 15) is 0 Å². The molecule has 1 rings (SSSR count). The molecule has 1 atom stereocenters. The Kier molecular flexibility index (Phi) is 4.72. The Morgan fingerprint density at radius 3 is 2.75 bits per heavy atom. The van der Waals surface area contributed by atoms with Crippen LogP contribution in [0.3, 0.4) is 0 Å². The Labute approximate surface area is 95.5 Å². The van der Waals surface area contributed by atoms with E-state index in [-0.39, 0.29) is 6.61 Å². The first-order valence-corrected chi connectivity index (χ1v) is 5.23. The maximum Gasteiger partial charge on any atom is 0.204 e. The van der Waals surface area contributed by atoms with Crippen molar-refractivity contribution < 1.29 is 10.2 Å². The lowest BCUT2D eigenvalue weighted by Crippen LogP contribution is -2.29. The molecule has 0 saturated carbocycles. The fraction of sp³-hybridized carbons (Fsp3) is 0.700. The zero-order chi connectivity index (χ0) is 12.1. The van der Waals surface area contributed by atoms with Crippen LogP contribution in [0.25, 0.3) is 0 Å². The lowest BCUT2D eigenvalue weighted by molar-refractivity contribution is 0.0941. The second-order valence-corrected chi connectivity index (χ2v) is 3.97. The highest BCUT2D eigenvalue weighted by Crippen LogP contribution is 2.10. The van der Waals surface area contributed by atoms with Crippen molar-refractivity contribution in [1.29, 1.82) is 0 Å². The largest absolute Gasteiger partial charge is 0.394 e. The number of aliphatic hydroxyl groups is 2. The molecule has 0 saturated heterocycles. The molecule has 0 aliphatic rings. The summed E-state index contributed by atoms with van der Waals surface area (Å²) in [4.78, 5) is 6.21. The van der Waals surface area contributed by atoms with Crippen molar-refractivity contribution in [3.8, 4) is 0 Å². The second-order valence-electron chi connectivity index (χ2n) is 3.97. The molecule has 16 heavy (non-hydrogen) atoms. The summed E-state index contributed by atoms with van der Waals surface area (Å²) in [5, 5.41) is 20.9.